The van der Waals surface area contributed by atoms with Crippen LogP contribution >= 0.6 is 0 Å². The Labute approximate surface area is 95.9 Å². The fourth-order valence-electron chi connectivity index (χ4n) is 4.33. The molecule has 1 nitrogen and oxygen atoms in total. The van der Waals surface area contributed by atoms with E-state index in [1.54, 1.807) is 0 Å². The van der Waals surface area contributed by atoms with Gasteiger partial charge in [0.1, 0.15) is 0 Å². The second-order valence-corrected chi connectivity index (χ2v) is 5.71. The lowest BCUT2D eigenvalue weighted by Gasteiger charge is -2.22. The van der Waals surface area contributed by atoms with Gasteiger partial charge >= 0.3 is 0 Å². The number of carbonyl (C=O) groups is 1. The largest absolute Gasteiger partial charge is 0.294 e. The third-order valence-corrected chi connectivity index (χ3v) is 5.03. The van der Waals surface area contributed by atoms with Crippen molar-refractivity contribution in [3.63, 3.8) is 0 Å². The number of ketones is 1. The Morgan fingerprint density at radius 3 is 2.81 bits per heavy atom. The zero-order valence-electron chi connectivity index (χ0n) is 9.36. The molecule has 4 atom stereocenters. The first-order chi connectivity index (χ1) is 7.84. The summed E-state index contributed by atoms with van der Waals surface area (Å²) in [7, 11) is 0. The predicted octanol–water partition coefficient (Wildman–Crippen LogP) is 3.04. The molecule has 4 unspecified atom stereocenters. The van der Waals surface area contributed by atoms with E-state index in [-0.39, 0.29) is 0 Å². The van der Waals surface area contributed by atoms with Crippen LogP contribution in [-0.2, 0) is 4.79 Å². The topological polar surface area (TPSA) is 17.1 Å². The molecule has 2 saturated carbocycles. The standard InChI is InChI=1S/C15H16O/c16-15-13(9-3-1-2-4-9)8-12-10-5-6-11(7-10)14(12)15/h1-3,8,10-12,14H,4-7H2. The highest BCUT2D eigenvalue weighted by Crippen LogP contribution is 2.57. The fourth-order valence-corrected chi connectivity index (χ4v) is 4.33. The maximum absolute atomic E-state index is 12.4. The highest BCUT2D eigenvalue weighted by molar-refractivity contribution is 6.04. The molecule has 0 aromatic carbocycles. The van der Waals surface area contributed by atoms with E-state index in [2.05, 4.69) is 24.3 Å². The minimum absolute atomic E-state index is 0.371. The second kappa shape index (κ2) is 2.97. The Hall–Kier alpha value is -1.11. The van der Waals surface area contributed by atoms with E-state index in [1.807, 2.05) is 0 Å². The smallest absolute Gasteiger partial charge is 0.166 e. The molecular weight excluding hydrogens is 196 g/mol. The summed E-state index contributed by atoms with van der Waals surface area (Å²) in [5.74, 6) is 2.97. The number of allylic oxidation sites excluding steroid dienone is 6. The number of Topliss-reactive ketones (excluding diaryl/α,β-unsaturated/α-hetero) is 1. The van der Waals surface area contributed by atoms with Gasteiger partial charge in [-0.15, -0.1) is 0 Å². The lowest BCUT2D eigenvalue weighted by atomic mass is 9.81. The van der Waals surface area contributed by atoms with Crippen molar-refractivity contribution in [2.24, 2.45) is 23.7 Å². The molecule has 0 N–H and O–H groups in total. The lowest BCUT2D eigenvalue weighted by Crippen LogP contribution is -2.23. The first kappa shape index (κ1) is 8.98. The van der Waals surface area contributed by atoms with Gasteiger partial charge in [-0.25, -0.2) is 0 Å². The Balaban J connectivity index is 1.71. The summed E-state index contributed by atoms with van der Waals surface area (Å²) in [5.41, 5.74) is 2.33. The van der Waals surface area contributed by atoms with Gasteiger partial charge in [0.25, 0.3) is 0 Å². The van der Waals surface area contributed by atoms with Crippen LogP contribution in [0.1, 0.15) is 25.7 Å². The van der Waals surface area contributed by atoms with E-state index in [0.29, 0.717) is 23.5 Å². The van der Waals surface area contributed by atoms with Crippen LogP contribution in [0.15, 0.2) is 35.5 Å². The van der Waals surface area contributed by atoms with Gasteiger partial charge in [0.05, 0.1) is 0 Å². The van der Waals surface area contributed by atoms with Crippen molar-refractivity contribution in [1.82, 2.24) is 0 Å². The van der Waals surface area contributed by atoms with Crippen molar-refractivity contribution in [2.45, 2.75) is 25.7 Å². The normalized spacial score (nSPS) is 43.9. The van der Waals surface area contributed by atoms with Crippen molar-refractivity contribution in [3.8, 4) is 0 Å². The van der Waals surface area contributed by atoms with E-state index in [4.69, 9.17) is 0 Å². The summed E-state index contributed by atoms with van der Waals surface area (Å²) < 4.78 is 0. The molecule has 0 aromatic heterocycles. The molecule has 0 saturated heterocycles. The van der Waals surface area contributed by atoms with E-state index in [0.717, 1.165) is 17.9 Å². The summed E-state index contributed by atoms with van der Waals surface area (Å²) in [6.07, 6.45) is 13.6. The Morgan fingerprint density at radius 2 is 2.06 bits per heavy atom. The highest BCUT2D eigenvalue weighted by Gasteiger charge is 2.53. The molecule has 82 valence electrons. The second-order valence-electron chi connectivity index (χ2n) is 5.71. The monoisotopic (exact) mass is 212 g/mol. The van der Waals surface area contributed by atoms with Crippen LogP contribution in [0.4, 0.5) is 0 Å². The predicted molar refractivity (Wildman–Crippen MR) is 62.7 cm³/mol. The Bertz CT molecular complexity index is 452. The van der Waals surface area contributed by atoms with Gasteiger partial charge in [0.2, 0.25) is 0 Å². The molecule has 0 radical (unpaired) electrons. The fraction of sp³-hybridized carbons (Fsp3) is 0.533. The highest BCUT2D eigenvalue weighted by atomic mass is 16.1. The van der Waals surface area contributed by atoms with Crippen LogP contribution in [0, 0.1) is 23.7 Å². The maximum atomic E-state index is 12.4. The van der Waals surface area contributed by atoms with E-state index in [9.17, 15) is 4.79 Å². The van der Waals surface area contributed by atoms with E-state index in [1.165, 1.54) is 24.8 Å². The van der Waals surface area contributed by atoms with Crippen LogP contribution in [-0.4, -0.2) is 5.78 Å². The molecule has 1 heteroatoms. The molecule has 4 aliphatic carbocycles. The average Bonchev–Trinajstić information content (AvgIpc) is 2.97. The van der Waals surface area contributed by atoms with Crippen molar-refractivity contribution in [2.75, 3.05) is 0 Å². The van der Waals surface area contributed by atoms with Crippen LogP contribution < -0.4 is 0 Å². The van der Waals surface area contributed by atoms with Crippen LogP contribution in [0.3, 0.4) is 0 Å². The average molecular weight is 212 g/mol. The molecule has 4 rings (SSSR count). The summed E-state index contributed by atoms with van der Waals surface area (Å²) in [5, 5.41) is 0. The van der Waals surface area contributed by atoms with Gasteiger partial charge in [0, 0.05) is 11.5 Å². The summed E-state index contributed by atoms with van der Waals surface area (Å²) in [6.45, 7) is 0. The minimum atomic E-state index is 0.371. The summed E-state index contributed by atoms with van der Waals surface area (Å²) in [4.78, 5) is 12.4. The minimum Gasteiger partial charge on any atom is -0.294 e. The van der Waals surface area contributed by atoms with Crippen molar-refractivity contribution in [3.05, 3.63) is 35.5 Å². The molecule has 4 aliphatic rings. The first-order valence-corrected chi connectivity index (χ1v) is 6.46. The van der Waals surface area contributed by atoms with Crippen LogP contribution in [0.25, 0.3) is 0 Å². The van der Waals surface area contributed by atoms with Crippen LogP contribution in [0.2, 0.25) is 0 Å². The summed E-state index contributed by atoms with van der Waals surface area (Å²) in [6, 6.07) is 0. The number of carbonyl (C=O) groups excluding carboxylic acids is 1. The summed E-state index contributed by atoms with van der Waals surface area (Å²) >= 11 is 0. The molecule has 2 bridgehead atoms. The number of fused-ring (bicyclic) bond motifs is 5. The lowest BCUT2D eigenvalue weighted by molar-refractivity contribution is -0.120. The zero-order valence-corrected chi connectivity index (χ0v) is 9.36. The number of hydrogen-bond donors (Lipinski definition) is 0. The van der Waals surface area contributed by atoms with Crippen LogP contribution in [0.5, 0.6) is 0 Å². The van der Waals surface area contributed by atoms with Gasteiger partial charge in [0.15, 0.2) is 5.78 Å². The quantitative estimate of drug-likeness (QED) is 0.653. The van der Waals surface area contributed by atoms with E-state index < -0.39 is 0 Å². The first-order valence-electron chi connectivity index (χ1n) is 6.46. The maximum Gasteiger partial charge on any atom is 0.166 e. The van der Waals surface area contributed by atoms with Gasteiger partial charge in [-0.3, -0.25) is 4.79 Å². The van der Waals surface area contributed by atoms with Gasteiger partial charge in [-0.2, -0.15) is 0 Å². The van der Waals surface area contributed by atoms with E-state index >= 15 is 0 Å². The molecule has 0 spiro atoms. The Morgan fingerprint density at radius 1 is 1.19 bits per heavy atom. The molecular formula is C15H16O. The third-order valence-electron chi connectivity index (χ3n) is 5.03. The zero-order chi connectivity index (χ0) is 10.7. The van der Waals surface area contributed by atoms with Gasteiger partial charge in [-0.1, -0.05) is 24.3 Å². The molecule has 0 heterocycles. The number of hydrogen-bond acceptors (Lipinski definition) is 1. The molecule has 0 amide bonds. The SMILES string of the molecule is O=C1C(C2=CC=CC2)=CC2C3CCC(C3)C12. The van der Waals surface area contributed by atoms with Crippen molar-refractivity contribution in [1.29, 1.82) is 0 Å². The van der Waals surface area contributed by atoms with Gasteiger partial charge < -0.3 is 0 Å². The molecule has 2 fully saturated rings. The van der Waals surface area contributed by atoms with Gasteiger partial charge in [-0.05, 0) is 49.0 Å². The van der Waals surface area contributed by atoms with Crippen molar-refractivity contribution < 1.29 is 4.79 Å². The Kier molecular flexibility index (Phi) is 1.66. The molecule has 0 aromatic rings. The van der Waals surface area contributed by atoms with Crippen molar-refractivity contribution >= 4 is 5.78 Å². The molecule has 16 heavy (non-hydrogen) atoms. The third kappa shape index (κ3) is 0.991. The molecule has 0 aliphatic heterocycles. The number of rotatable bonds is 1.